The number of para-hydroxylation sites is 1. The molecule has 0 spiro atoms. The summed E-state index contributed by atoms with van der Waals surface area (Å²) in [6.07, 6.45) is -3.61. The van der Waals surface area contributed by atoms with Gasteiger partial charge in [0, 0.05) is 13.1 Å². The number of likely N-dealkylation sites (tertiary alicyclic amines) is 1. The van der Waals surface area contributed by atoms with Gasteiger partial charge in [0.15, 0.2) is 0 Å². The van der Waals surface area contributed by atoms with E-state index in [2.05, 4.69) is 5.32 Å². The van der Waals surface area contributed by atoms with Crippen LogP contribution in [-0.2, 0) is 11.0 Å². The third-order valence-corrected chi connectivity index (χ3v) is 3.53. The van der Waals surface area contributed by atoms with Gasteiger partial charge < -0.3 is 15.3 Å². The Bertz CT molecular complexity index is 575. The summed E-state index contributed by atoms with van der Waals surface area (Å²) in [5.41, 5.74) is -1.27. The van der Waals surface area contributed by atoms with E-state index in [0.29, 0.717) is 19.4 Å². The molecule has 8 heteroatoms. The number of hydrogen-bond donors (Lipinski definition) is 2. The van der Waals surface area contributed by atoms with Crippen molar-refractivity contribution in [2.45, 2.75) is 19.0 Å². The van der Waals surface area contributed by atoms with Gasteiger partial charge in [-0.15, -0.1) is 0 Å². The zero-order valence-electron chi connectivity index (χ0n) is 11.6. The molecule has 1 heterocycles. The second-order valence-corrected chi connectivity index (χ2v) is 5.10. The van der Waals surface area contributed by atoms with Gasteiger partial charge in [-0.2, -0.15) is 13.2 Å². The lowest BCUT2D eigenvalue weighted by Crippen LogP contribution is -2.44. The Kier molecular flexibility index (Phi) is 4.58. The largest absolute Gasteiger partial charge is 0.481 e. The summed E-state index contributed by atoms with van der Waals surface area (Å²) in [5, 5.41) is 11.2. The molecule has 120 valence electrons. The lowest BCUT2D eigenvalue weighted by atomic mass is 9.99. The molecule has 2 amide bonds. The first-order chi connectivity index (χ1) is 10.3. The van der Waals surface area contributed by atoms with Crippen LogP contribution in [0.5, 0.6) is 0 Å². The number of carboxylic acid groups (broad SMARTS) is 1. The van der Waals surface area contributed by atoms with Crippen LogP contribution in [0.3, 0.4) is 0 Å². The number of aliphatic carboxylic acids is 1. The zero-order chi connectivity index (χ0) is 16.3. The van der Waals surface area contributed by atoms with Crippen molar-refractivity contribution in [2.75, 3.05) is 18.4 Å². The maximum atomic E-state index is 12.9. The van der Waals surface area contributed by atoms with E-state index in [1.165, 1.54) is 23.1 Å². The van der Waals surface area contributed by atoms with Gasteiger partial charge >= 0.3 is 18.2 Å². The van der Waals surface area contributed by atoms with Crippen LogP contribution in [0.4, 0.5) is 23.7 Å². The van der Waals surface area contributed by atoms with Crippen LogP contribution < -0.4 is 5.32 Å². The number of benzene rings is 1. The van der Waals surface area contributed by atoms with Crippen LogP contribution in [0, 0.1) is 5.92 Å². The summed E-state index contributed by atoms with van der Waals surface area (Å²) in [4.78, 5) is 24.3. The Balaban J connectivity index is 2.11. The highest BCUT2D eigenvalue weighted by Crippen LogP contribution is 2.34. The fraction of sp³-hybridized carbons (Fsp3) is 0.429. The summed E-state index contributed by atoms with van der Waals surface area (Å²) in [6, 6.07) is 3.95. The average Bonchev–Trinajstić information content (AvgIpc) is 2.46. The third-order valence-electron chi connectivity index (χ3n) is 3.53. The van der Waals surface area contributed by atoms with Crippen LogP contribution in [0.2, 0.25) is 0 Å². The Hall–Kier alpha value is -2.25. The first-order valence-electron chi connectivity index (χ1n) is 6.74. The lowest BCUT2D eigenvalue weighted by Gasteiger charge is -2.31. The molecule has 2 N–H and O–H groups in total. The van der Waals surface area contributed by atoms with Gasteiger partial charge in [-0.25, -0.2) is 4.79 Å². The van der Waals surface area contributed by atoms with Gasteiger partial charge in [-0.3, -0.25) is 4.79 Å². The maximum Gasteiger partial charge on any atom is 0.418 e. The predicted molar refractivity (Wildman–Crippen MR) is 72.4 cm³/mol. The molecule has 1 atom stereocenters. The van der Waals surface area contributed by atoms with Gasteiger partial charge in [-0.1, -0.05) is 12.1 Å². The topological polar surface area (TPSA) is 69.6 Å². The molecule has 1 aromatic carbocycles. The molecular weight excluding hydrogens is 301 g/mol. The van der Waals surface area contributed by atoms with Crippen molar-refractivity contribution in [1.82, 2.24) is 4.90 Å². The number of amides is 2. The molecule has 1 aromatic rings. The van der Waals surface area contributed by atoms with Gasteiger partial charge in [-0.05, 0) is 25.0 Å². The van der Waals surface area contributed by atoms with Crippen molar-refractivity contribution in [1.29, 1.82) is 0 Å². The summed E-state index contributed by atoms with van der Waals surface area (Å²) in [7, 11) is 0. The van der Waals surface area contributed by atoms with Crippen LogP contribution in [0.25, 0.3) is 0 Å². The minimum atomic E-state index is -4.57. The summed E-state index contributed by atoms with van der Waals surface area (Å²) < 4.78 is 38.6. The first kappa shape index (κ1) is 16.1. The van der Waals surface area contributed by atoms with E-state index in [1.54, 1.807) is 0 Å². The Morgan fingerprint density at radius 3 is 2.59 bits per heavy atom. The Morgan fingerprint density at radius 1 is 1.27 bits per heavy atom. The fourth-order valence-corrected chi connectivity index (χ4v) is 2.40. The molecule has 0 aromatic heterocycles. The maximum absolute atomic E-state index is 12.9. The van der Waals surface area contributed by atoms with Crippen molar-refractivity contribution in [3.05, 3.63) is 29.8 Å². The van der Waals surface area contributed by atoms with Gasteiger partial charge in [0.05, 0.1) is 17.2 Å². The van der Waals surface area contributed by atoms with Crippen LogP contribution in [0.15, 0.2) is 24.3 Å². The smallest absolute Gasteiger partial charge is 0.418 e. The van der Waals surface area contributed by atoms with Crippen LogP contribution in [0.1, 0.15) is 18.4 Å². The molecule has 0 radical (unpaired) electrons. The second kappa shape index (κ2) is 6.25. The minimum absolute atomic E-state index is 0.00461. The summed E-state index contributed by atoms with van der Waals surface area (Å²) >= 11 is 0. The highest BCUT2D eigenvalue weighted by atomic mass is 19.4. The highest BCUT2D eigenvalue weighted by Gasteiger charge is 2.34. The van der Waals surface area contributed by atoms with Crippen molar-refractivity contribution in [3.63, 3.8) is 0 Å². The van der Waals surface area contributed by atoms with Gasteiger partial charge in [0.2, 0.25) is 0 Å². The Labute approximate surface area is 124 Å². The molecule has 1 saturated heterocycles. The van der Waals surface area contributed by atoms with Gasteiger partial charge in [0.1, 0.15) is 0 Å². The van der Waals surface area contributed by atoms with E-state index in [0.717, 1.165) is 6.07 Å². The second-order valence-electron chi connectivity index (χ2n) is 5.10. The number of carboxylic acids is 1. The summed E-state index contributed by atoms with van der Waals surface area (Å²) in [6.45, 7) is 0.319. The number of alkyl halides is 3. The van der Waals surface area contributed by atoms with Crippen molar-refractivity contribution >= 4 is 17.7 Å². The lowest BCUT2D eigenvalue weighted by molar-refractivity contribution is -0.143. The number of hydrogen-bond acceptors (Lipinski definition) is 2. The quantitative estimate of drug-likeness (QED) is 0.881. The number of urea groups is 1. The molecule has 1 unspecified atom stereocenters. The summed E-state index contributed by atoms with van der Waals surface area (Å²) in [5.74, 6) is -1.69. The number of piperidine rings is 1. The predicted octanol–water partition coefficient (Wildman–Crippen LogP) is 3.03. The molecule has 1 aliphatic heterocycles. The van der Waals surface area contributed by atoms with Crippen LogP contribution in [-0.4, -0.2) is 35.1 Å². The number of nitrogens with zero attached hydrogens (tertiary/aromatic N) is 1. The normalized spacial score (nSPS) is 18.9. The number of carbonyl (C=O) groups excluding carboxylic acids is 1. The SMILES string of the molecule is O=C(O)C1CCCN(C(=O)Nc2ccccc2C(F)(F)F)C1. The van der Waals surface area contributed by atoms with E-state index < -0.39 is 29.7 Å². The number of halogens is 3. The minimum Gasteiger partial charge on any atom is -0.481 e. The first-order valence-corrected chi connectivity index (χ1v) is 6.74. The van der Waals surface area contributed by atoms with Crippen molar-refractivity contribution in [2.24, 2.45) is 5.92 Å². The molecule has 0 saturated carbocycles. The number of anilines is 1. The molecule has 1 aliphatic rings. The molecule has 0 bridgehead atoms. The highest BCUT2D eigenvalue weighted by molar-refractivity contribution is 5.90. The molecule has 2 rings (SSSR count). The van der Waals surface area contributed by atoms with E-state index in [-0.39, 0.29) is 12.2 Å². The standard InChI is InChI=1S/C14H15F3N2O3/c15-14(16,17)10-5-1-2-6-11(10)18-13(22)19-7-3-4-9(8-19)12(20)21/h1-2,5-6,9H,3-4,7-8H2,(H,18,22)(H,20,21). The molecule has 1 fully saturated rings. The van der Waals surface area contributed by atoms with Crippen LogP contribution >= 0.6 is 0 Å². The Morgan fingerprint density at radius 2 is 1.95 bits per heavy atom. The molecule has 0 aliphatic carbocycles. The monoisotopic (exact) mass is 316 g/mol. The van der Waals surface area contributed by atoms with Gasteiger partial charge in [0.25, 0.3) is 0 Å². The number of carbonyl (C=O) groups is 2. The number of rotatable bonds is 2. The number of nitrogens with one attached hydrogen (secondary N) is 1. The third kappa shape index (κ3) is 3.69. The average molecular weight is 316 g/mol. The van der Waals surface area contributed by atoms with E-state index in [9.17, 15) is 22.8 Å². The fourth-order valence-electron chi connectivity index (χ4n) is 2.40. The van der Waals surface area contributed by atoms with E-state index in [4.69, 9.17) is 5.11 Å². The van der Waals surface area contributed by atoms with E-state index >= 15 is 0 Å². The molecular formula is C14H15F3N2O3. The zero-order valence-corrected chi connectivity index (χ0v) is 11.6. The van der Waals surface area contributed by atoms with Crippen molar-refractivity contribution < 1.29 is 27.9 Å². The molecule has 5 nitrogen and oxygen atoms in total. The van der Waals surface area contributed by atoms with Crippen molar-refractivity contribution in [3.8, 4) is 0 Å². The molecule has 22 heavy (non-hydrogen) atoms. The van der Waals surface area contributed by atoms with E-state index in [1.807, 2.05) is 0 Å².